The minimum Gasteiger partial charge on any atom is -0.381 e. The Bertz CT molecular complexity index is 569. The number of ether oxygens (including phenoxy) is 4. The van der Waals surface area contributed by atoms with Gasteiger partial charge in [-0.05, 0) is 53.9 Å². The van der Waals surface area contributed by atoms with Crippen molar-refractivity contribution in [1.82, 2.24) is 0 Å². The Morgan fingerprint density at radius 3 is 2.00 bits per heavy atom. The molecule has 0 aliphatic carbocycles. The Balaban J connectivity index is 1.98. The third-order valence-corrected chi connectivity index (χ3v) is 7.18. The molecule has 7 nitrogen and oxygen atoms in total. The molecule has 1 N–H and O–H groups in total. The maximum absolute atomic E-state index is 13.0. The number of hydrogen-bond acceptors (Lipinski definition) is 6. The average Bonchev–Trinajstić information content (AvgIpc) is 3.04. The molecule has 2 aliphatic rings. The molecule has 2 aliphatic heterocycles. The molecule has 7 atom stereocenters. The van der Waals surface area contributed by atoms with Gasteiger partial charge in [0.1, 0.15) is 21.8 Å². The highest BCUT2D eigenvalue weighted by Gasteiger charge is 2.48. The van der Waals surface area contributed by atoms with Crippen LogP contribution in [0.4, 0.5) is 0 Å². The summed E-state index contributed by atoms with van der Waals surface area (Å²) in [5.41, 5.74) is -0.323. The molecule has 0 bridgehead atoms. The van der Waals surface area contributed by atoms with E-state index in [0.717, 1.165) is 12.8 Å². The van der Waals surface area contributed by atoms with E-state index in [-0.39, 0.29) is 48.6 Å². The maximum atomic E-state index is 13.0. The van der Waals surface area contributed by atoms with E-state index in [1.54, 1.807) is 13.8 Å². The van der Waals surface area contributed by atoms with Gasteiger partial charge in [-0.25, -0.2) is 0 Å². The Kier molecular flexibility index (Phi) is 7.92. The maximum Gasteiger partial charge on any atom is 0.359 e. The molecule has 10 heteroatoms. The SMILES string of the molecule is BC1CC(OC(C)(C)C)C(COP(=O)(O)C(C)(C)OC2CC(B)OC2CC)O1. The van der Waals surface area contributed by atoms with Crippen LogP contribution in [0.15, 0.2) is 0 Å². The van der Waals surface area contributed by atoms with E-state index in [1.807, 2.05) is 43.4 Å². The van der Waals surface area contributed by atoms with Crippen LogP contribution in [0, 0.1) is 0 Å². The zero-order chi connectivity index (χ0) is 21.3. The lowest BCUT2D eigenvalue weighted by atomic mass is 9.95. The second kappa shape index (κ2) is 9.09. The van der Waals surface area contributed by atoms with Gasteiger partial charge in [0, 0.05) is 12.0 Å². The molecule has 0 amide bonds. The smallest absolute Gasteiger partial charge is 0.359 e. The van der Waals surface area contributed by atoms with Gasteiger partial charge in [-0.1, -0.05) is 6.92 Å². The first-order valence-corrected chi connectivity index (χ1v) is 12.0. The van der Waals surface area contributed by atoms with Gasteiger partial charge in [0.2, 0.25) is 0 Å². The average molecular weight is 418 g/mol. The first kappa shape index (κ1) is 24.4. The molecule has 0 spiro atoms. The molecule has 2 saturated heterocycles. The first-order chi connectivity index (χ1) is 12.7. The first-order valence-electron chi connectivity index (χ1n) is 10.4. The zero-order valence-electron chi connectivity index (χ0n) is 18.6. The molecule has 2 fully saturated rings. The molecule has 0 aromatic heterocycles. The van der Waals surface area contributed by atoms with E-state index in [4.69, 9.17) is 23.5 Å². The van der Waals surface area contributed by atoms with Gasteiger partial charge in [-0.15, -0.1) is 0 Å². The number of hydrogen-bond donors (Lipinski definition) is 1. The van der Waals surface area contributed by atoms with Crippen LogP contribution >= 0.6 is 7.60 Å². The predicted molar refractivity (Wildman–Crippen MR) is 113 cm³/mol. The molecule has 7 unspecified atom stereocenters. The van der Waals surface area contributed by atoms with Crippen molar-refractivity contribution in [3.05, 3.63) is 0 Å². The summed E-state index contributed by atoms with van der Waals surface area (Å²) in [5.74, 6) is 0. The van der Waals surface area contributed by atoms with Gasteiger partial charge in [0.15, 0.2) is 5.34 Å². The summed E-state index contributed by atoms with van der Waals surface area (Å²) < 4.78 is 42.3. The Morgan fingerprint density at radius 2 is 1.50 bits per heavy atom. The van der Waals surface area contributed by atoms with Crippen LogP contribution in [0.3, 0.4) is 0 Å². The van der Waals surface area contributed by atoms with Gasteiger partial charge in [-0.2, -0.15) is 0 Å². The van der Waals surface area contributed by atoms with Gasteiger partial charge in [-0.3, -0.25) is 4.57 Å². The van der Waals surface area contributed by atoms with Crippen molar-refractivity contribution in [3.63, 3.8) is 0 Å². The molecular formula is C18H37B2O7P. The number of rotatable bonds is 8. The molecule has 0 aromatic rings. The van der Waals surface area contributed by atoms with Crippen molar-refractivity contribution in [1.29, 1.82) is 0 Å². The minimum atomic E-state index is -4.07. The standard InChI is InChI=1S/C18H37B2O7P/c1-7-11-12(8-15(19)24-11)27-18(5,6)28(21,22)23-10-14-13(9-16(20)25-14)26-17(2,3)4/h11-16H,7-10,19-20H2,1-6H3,(H,21,22). The summed E-state index contributed by atoms with van der Waals surface area (Å²) in [7, 11) is -0.111. The summed E-state index contributed by atoms with van der Waals surface area (Å²) in [6.07, 6.45) is 1.37. The van der Waals surface area contributed by atoms with Crippen molar-refractivity contribution < 1.29 is 32.9 Å². The van der Waals surface area contributed by atoms with Crippen LogP contribution in [-0.2, 0) is 28.0 Å². The van der Waals surface area contributed by atoms with E-state index < -0.39 is 12.9 Å². The summed E-state index contributed by atoms with van der Waals surface area (Å²) in [6.45, 7) is 11.2. The van der Waals surface area contributed by atoms with E-state index >= 15 is 0 Å². The topological polar surface area (TPSA) is 83.5 Å². The second-order valence-corrected chi connectivity index (χ2v) is 11.9. The van der Waals surface area contributed by atoms with E-state index in [2.05, 4.69) is 0 Å². The fourth-order valence-electron chi connectivity index (χ4n) is 3.82. The van der Waals surface area contributed by atoms with Gasteiger partial charge < -0.3 is 28.4 Å². The van der Waals surface area contributed by atoms with Crippen LogP contribution in [0.25, 0.3) is 0 Å². The van der Waals surface area contributed by atoms with Gasteiger partial charge in [0.05, 0.1) is 30.5 Å². The fourth-order valence-corrected chi connectivity index (χ4v) is 4.74. The molecule has 28 heavy (non-hydrogen) atoms. The van der Waals surface area contributed by atoms with E-state index in [0.29, 0.717) is 6.42 Å². The normalized spacial score (nSPS) is 36.5. The lowest BCUT2D eigenvalue weighted by Crippen LogP contribution is -2.38. The third-order valence-electron chi connectivity index (χ3n) is 5.21. The highest BCUT2D eigenvalue weighted by Crippen LogP contribution is 2.57. The lowest BCUT2D eigenvalue weighted by Gasteiger charge is -2.34. The predicted octanol–water partition coefficient (Wildman–Crippen LogP) is 1.40. The highest BCUT2D eigenvalue weighted by atomic mass is 31.2. The molecule has 0 aromatic carbocycles. The van der Waals surface area contributed by atoms with Gasteiger partial charge in [0.25, 0.3) is 0 Å². The van der Waals surface area contributed by atoms with E-state index in [9.17, 15) is 9.46 Å². The Morgan fingerprint density at radius 1 is 1.00 bits per heavy atom. The van der Waals surface area contributed by atoms with Gasteiger partial charge >= 0.3 is 7.60 Å². The quantitative estimate of drug-likeness (QED) is 0.472. The fraction of sp³-hybridized carbons (Fsp3) is 1.00. The largest absolute Gasteiger partial charge is 0.381 e. The summed E-state index contributed by atoms with van der Waals surface area (Å²) >= 11 is 0. The van der Waals surface area contributed by atoms with Crippen molar-refractivity contribution >= 4 is 23.3 Å². The van der Waals surface area contributed by atoms with Crippen LogP contribution in [0.2, 0.25) is 0 Å². The molecule has 2 heterocycles. The van der Waals surface area contributed by atoms with Crippen LogP contribution in [-0.4, -0.2) is 74.6 Å². The van der Waals surface area contributed by atoms with Crippen LogP contribution < -0.4 is 0 Å². The Labute approximate surface area is 171 Å². The van der Waals surface area contributed by atoms with Crippen molar-refractivity contribution in [3.8, 4) is 0 Å². The van der Waals surface area contributed by atoms with Crippen molar-refractivity contribution in [2.75, 3.05) is 6.61 Å². The summed E-state index contributed by atoms with van der Waals surface area (Å²) in [6, 6.07) is 0.0964. The van der Waals surface area contributed by atoms with E-state index in [1.165, 1.54) is 0 Å². The Hall–Kier alpha value is 0.120. The zero-order valence-corrected chi connectivity index (χ0v) is 19.5. The molecule has 162 valence electrons. The summed E-state index contributed by atoms with van der Waals surface area (Å²) in [4.78, 5) is 10.6. The minimum absolute atomic E-state index is 0.0135. The van der Waals surface area contributed by atoms with Crippen molar-refractivity contribution in [2.45, 2.75) is 108 Å². The van der Waals surface area contributed by atoms with Crippen molar-refractivity contribution in [2.24, 2.45) is 0 Å². The molecule has 0 saturated carbocycles. The third kappa shape index (κ3) is 6.31. The molecule has 0 radical (unpaired) electrons. The van der Waals surface area contributed by atoms with Crippen LogP contribution in [0.1, 0.15) is 60.8 Å². The molecular weight excluding hydrogens is 381 g/mol. The van der Waals surface area contributed by atoms with Crippen LogP contribution in [0.5, 0.6) is 0 Å². The highest BCUT2D eigenvalue weighted by molar-refractivity contribution is 7.54. The second-order valence-electron chi connectivity index (χ2n) is 9.54. The monoisotopic (exact) mass is 418 g/mol. The summed E-state index contributed by atoms with van der Waals surface area (Å²) in [5, 5.41) is -1.34. The molecule has 2 rings (SSSR count). The lowest BCUT2D eigenvalue weighted by molar-refractivity contribution is -0.101.